The SMILES string of the molecule is C[C@]12CCCC[C@]1(C)[C@@H]1CC[C@@]3(C)[C@H](CC[C@@]3(O)C[n+]3c(-c4ccccc4)cc(-c4ccc(N5N=C(c6ccccc6)C[C@@H]5c5ccccc5)cc4)cc3-c3ccccc3)[C@H]1CC2. The molecular weight excluding hydrogens is 767 g/mol. The largest absolute Gasteiger partial charge is 0.383 e. The first-order chi connectivity index (χ1) is 30.7. The average molecular weight is 831 g/mol. The summed E-state index contributed by atoms with van der Waals surface area (Å²) in [6, 6.07) is 57.1. The molecule has 2 heterocycles. The maximum atomic E-state index is 13.5. The third-order valence-corrected chi connectivity index (χ3v) is 18.1. The van der Waals surface area contributed by atoms with Gasteiger partial charge in [-0.2, -0.15) is 9.67 Å². The summed E-state index contributed by atoms with van der Waals surface area (Å²) in [6.45, 7) is 8.39. The first-order valence-electron chi connectivity index (χ1n) is 24.2. The van der Waals surface area contributed by atoms with Crippen molar-refractivity contribution in [2.75, 3.05) is 5.01 Å². The van der Waals surface area contributed by atoms with E-state index in [0.29, 0.717) is 29.2 Å². The van der Waals surface area contributed by atoms with Crippen molar-refractivity contribution in [2.24, 2.45) is 39.1 Å². The van der Waals surface area contributed by atoms with E-state index in [4.69, 9.17) is 5.10 Å². The Hall–Kier alpha value is -5.32. The van der Waals surface area contributed by atoms with E-state index in [1.54, 1.807) is 0 Å². The van der Waals surface area contributed by atoms with E-state index in [0.717, 1.165) is 60.0 Å². The predicted molar refractivity (Wildman–Crippen MR) is 258 cm³/mol. The fourth-order valence-corrected chi connectivity index (χ4v) is 14.2. The zero-order valence-corrected chi connectivity index (χ0v) is 37.6. The summed E-state index contributed by atoms with van der Waals surface area (Å²) in [5.74, 6) is 2.06. The van der Waals surface area contributed by atoms with Crippen LogP contribution in [0.15, 0.2) is 163 Å². The van der Waals surface area contributed by atoms with Crippen LogP contribution >= 0.6 is 0 Å². The van der Waals surface area contributed by atoms with Gasteiger partial charge in [0.1, 0.15) is 5.60 Å². The Kier molecular flexibility index (Phi) is 10.1. The van der Waals surface area contributed by atoms with Gasteiger partial charge < -0.3 is 5.11 Å². The number of anilines is 1. The van der Waals surface area contributed by atoms with Gasteiger partial charge in [0.2, 0.25) is 11.4 Å². The molecule has 4 fully saturated rings. The minimum atomic E-state index is -0.818. The highest BCUT2D eigenvalue weighted by molar-refractivity contribution is 6.03. The molecule has 0 radical (unpaired) electrons. The van der Waals surface area contributed by atoms with Crippen LogP contribution in [0.1, 0.15) is 109 Å². The normalized spacial score (nSPS) is 31.2. The molecule has 0 unspecified atom stereocenters. The summed E-state index contributed by atoms with van der Waals surface area (Å²) >= 11 is 0. The molecule has 1 aromatic heterocycles. The number of rotatable bonds is 8. The van der Waals surface area contributed by atoms with Crippen LogP contribution in [0.3, 0.4) is 0 Å². The average Bonchev–Trinajstić information content (AvgIpc) is 3.89. The standard InChI is InChI=1S/C59H64N3O/c1-56-33-16-17-34-57(56,2)50-31-36-58(3)51(49(50)30-35-56)32-37-59(58,63)41-61-53(44-20-10-5-11-21-44)38-47(39-54(61)45-22-12-6-13-23-45)42-26-28-48(29-27-42)62-55(46-24-14-7-15-25-46)40-52(60-62)43-18-8-4-9-19-43/h4-15,18-29,38-39,49-51,55,63H,16-17,30-37,40-41H2,1-3H3/q+1/t49-,50+,51+,55+,56+,57+,58-,59+/m0/s1. The van der Waals surface area contributed by atoms with Crippen LogP contribution in [-0.2, 0) is 6.54 Å². The van der Waals surface area contributed by atoms with E-state index in [-0.39, 0.29) is 11.5 Å². The van der Waals surface area contributed by atoms with Crippen molar-refractivity contribution in [2.45, 2.75) is 110 Å². The number of nitrogens with zero attached hydrogens (tertiary/aromatic N) is 3. The van der Waals surface area contributed by atoms with Gasteiger partial charge in [0.25, 0.3) is 0 Å². The second kappa shape index (κ2) is 15.7. The molecule has 0 bridgehead atoms. The number of aromatic nitrogens is 1. The van der Waals surface area contributed by atoms with Gasteiger partial charge in [-0.3, -0.25) is 5.01 Å². The highest BCUT2D eigenvalue weighted by Crippen LogP contribution is 2.71. The molecule has 11 rings (SSSR count). The predicted octanol–water partition coefficient (Wildman–Crippen LogP) is 13.9. The van der Waals surface area contributed by atoms with Crippen molar-refractivity contribution in [3.8, 4) is 33.6 Å². The number of fused-ring (bicyclic) bond motifs is 5. The van der Waals surface area contributed by atoms with Crippen LogP contribution in [-0.4, -0.2) is 16.4 Å². The van der Waals surface area contributed by atoms with E-state index < -0.39 is 5.60 Å². The second-order valence-corrected chi connectivity index (χ2v) is 20.9. The number of aliphatic hydroxyl groups is 1. The lowest BCUT2D eigenvalue weighted by atomic mass is 9.40. The third kappa shape index (κ3) is 6.73. The Morgan fingerprint density at radius 1 is 0.556 bits per heavy atom. The van der Waals surface area contributed by atoms with E-state index in [1.165, 1.54) is 72.8 Å². The topological polar surface area (TPSA) is 39.7 Å². The van der Waals surface area contributed by atoms with Crippen molar-refractivity contribution in [3.05, 3.63) is 169 Å². The summed E-state index contributed by atoms with van der Waals surface area (Å²) in [5.41, 5.74) is 11.5. The van der Waals surface area contributed by atoms with E-state index in [2.05, 4.69) is 188 Å². The fraction of sp³-hybridized carbons (Fsp3) is 0.390. The van der Waals surface area contributed by atoms with Crippen LogP contribution in [0.25, 0.3) is 33.6 Å². The molecule has 8 atom stereocenters. The molecule has 1 aliphatic heterocycles. The molecule has 320 valence electrons. The zero-order chi connectivity index (χ0) is 42.8. The molecule has 5 aromatic carbocycles. The summed E-state index contributed by atoms with van der Waals surface area (Å²) in [5, 5.41) is 20.9. The number of benzene rings is 5. The molecule has 5 aliphatic rings. The highest BCUT2D eigenvalue weighted by atomic mass is 16.3. The molecule has 4 nitrogen and oxygen atoms in total. The molecule has 0 saturated heterocycles. The van der Waals surface area contributed by atoms with Gasteiger partial charge in [-0.15, -0.1) is 0 Å². The molecule has 6 aromatic rings. The molecule has 63 heavy (non-hydrogen) atoms. The molecular formula is C59H64N3O+. The van der Waals surface area contributed by atoms with E-state index in [9.17, 15) is 5.11 Å². The maximum Gasteiger partial charge on any atom is 0.213 e. The van der Waals surface area contributed by atoms with Crippen LogP contribution in [0, 0.1) is 34.0 Å². The Balaban J connectivity index is 0.973. The van der Waals surface area contributed by atoms with Gasteiger partial charge in [0.15, 0.2) is 6.54 Å². The summed E-state index contributed by atoms with van der Waals surface area (Å²) in [6.07, 6.45) is 13.5. The molecule has 4 aliphatic carbocycles. The van der Waals surface area contributed by atoms with Crippen molar-refractivity contribution < 1.29 is 9.67 Å². The number of hydrogen-bond acceptors (Lipinski definition) is 3. The van der Waals surface area contributed by atoms with Crippen molar-refractivity contribution in [1.82, 2.24) is 0 Å². The van der Waals surface area contributed by atoms with Crippen LogP contribution in [0.5, 0.6) is 0 Å². The van der Waals surface area contributed by atoms with E-state index >= 15 is 0 Å². The molecule has 4 heteroatoms. The number of hydrazone groups is 1. The second-order valence-electron chi connectivity index (χ2n) is 20.9. The molecule has 0 spiro atoms. The lowest BCUT2D eigenvalue weighted by Gasteiger charge is -2.65. The highest BCUT2D eigenvalue weighted by Gasteiger charge is 2.67. The van der Waals surface area contributed by atoms with Crippen molar-refractivity contribution in [3.63, 3.8) is 0 Å². The van der Waals surface area contributed by atoms with Gasteiger partial charge in [-0.05, 0) is 139 Å². The first-order valence-corrected chi connectivity index (χ1v) is 24.2. The zero-order valence-electron chi connectivity index (χ0n) is 37.6. The third-order valence-electron chi connectivity index (χ3n) is 18.1. The Labute approximate surface area is 375 Å². The smallest absolute Gasteiger partial charge is 0.213 e. The first kappa shape index (κ1) is 40.5. The van der Waals surface area contributed by atoms with Crippen molar-refractivity contribution >= 4 is 11.4 Å². The number of pyridine rings is 1. The van der Waals surface area contributed by atoms with Gasteiger partial charge in [0, 0.05) is 35.1 Å². The molecule has 1 N–H and O–H groups in total. The Bertz CT molecular complexity index is 2550. The van der Waals surface area contributed by atoms with Gasteiger partial charge >= 0.3 is 0 Å². The molecule has 4 saturated carbocycles. The van der Waals surface area contributed by atoms with Crippen LogP contribution in [0.4, 0.5) is 5.69 Å². The fourth-order valence-electron chi connectivity index (χ4n) is 14.2. The monoisotopic (exact) mass is 831 g/mol. The minimum Gasteiger partial charge on any atom is -0.383 e. The van der Waals surface area contributed by atoms with Gasteiger partial charge in [-0.25, -0.2) is 0 Å². The van der Waals surface area contributed by atoms with Crippen LogP contribution in [0.2, 0.25) is 0 Å². The lowest BCUT2D eigenvalue weighted by Crippen LogP contribution is -2.61. The summed E-state index contributed by atoms with van der Waals surface area (Å²) in [4.78, 5) is 0. The quantitative estimate of drug-likeness (QED) is 0.155. The number of hydrogen-bond donors (Lipinski definition) is 1. The summed E-state index contributed by atoms with van der Waals surface area (Å²) < 4.78 is 2.50. The van der Waals surface area contributed by atoms with Crippen molar-refractivity contribution in [1.29, 1.82) is 0 Å². The summed E-state index contributed by atoms with van der Waals surface area (Å²) in [7, 11) is 0. The van der Waals surface area contributed by atoms with Gasteiger partial charge in [-0.1, -0.05) is 143 Å². The van der Waals surface area contributed by atoms with Gasteiger partial charge in [0.05, 0.1) is 17.4 Å². The minimum absolute atomic E-state index is 0.115. The Morgan fingerprint density at radius 3 is 1.75 bits per heavy atom. The Morgan fingerprint density at radius 2 is 1.11 bits per heavy atom. The van der Waals surface area contributed by atoms with Crippen LogP contribution < -0.4 is 9.58 Å². The maximum absolute atomic E-state index is 13.5. The molecule has 0 amide bonds. The van der Waals surface area contributed by atoms with E-state index in [1.807, 2.05) is 0 Å². The lowest BCUT2D eigenvalue weighted by molar-refractivity contribution is -0.692.